The number of ether oxygens (including phenoxy) is 2. The molecule has 3 nitrogen and oxygen atoms in total. The average Bonchev–Trinajstić information content (AvgIpc) is 2.39. The lowest BCUT2D eigenvalue weighted by Crippen LogP contribution is -2.38. The van der Waals surface area contributed by atoms with Crippen LogP contribution in [0.2, 0.25) is 5.02 Å². The van der Waals surface area contributed by atoms with Gasteiger partial charge >= 0.3 is 0 Å². The molecule has 1 fully saturated rings. The number of halogens is 1. The molecule has 0 atom stereocenters. The van der Waals surface area contributed by atoms with E-state index in [-0.39, 0.29) is 6.10 Å². The zero-order chi connectivity index (χ0) is 13.9. The van der Waals surface area contributed by atoms with Gasteiger partial charge in [-0.05, 0) is 49.4 Å². The summed E-state index contributed by atoms with van der Waals surface area (Å²) in [6, 6.07) is 5.53. The van der Waals surface area contributed by atoms with Crippen LogP contribution in [0.25, 0.3) is 0 Å². The molecule has 0 aromatic heterocycles. The van der Waals surface area contributed by atoms with Gasteiger partial charge in [0, 0.05) is 18.6 Å². The van der Waals surface area contributed by atoms with Crippen molar-refractivity contribution in [3.8, 4) is 5.75 Å². The lowest BCUT2D eigenvalue weighted by Gasteiger charge is -2.35. The van der Waals surface area contributed by atoms with Gasteiger partial charge in [-0.3, -0.25) is 0 Å². The molecule has 106 valence electrons. The largest absolute Gasteiger partial charge is 0.496 e. The van der Waals surface area contributed by atoms with E-state index in [4.69, 9.17) is 21.1 Å². The van der Waals surface area contributed by atoms with Crippen LogP contribution in [0.5, 0.6) is 5.75 Å². The maximum absolute atomic E-state index is 10.7. The molecular formula is C15H21ClO3. The zero-order valence-corrected chi connectivity index (χ0v) is 12.2. The van der Waals surface area contributed by atoms with Crippen LogP contribution in [0, 0.1) is 0 Å². The summed E-state index contributed by atoms with van der Waals surface area (Å²) in [5, 5.41) is 11.4. The second-order valence-electron chi connectivity index (χ2n) is 5.29. The standard InChI is InChI=1S/C15H21ClO3/c1-18-13-5-7-15(17,8-6-13)10-11-9-12(16)3-4-14(11)19-2/h3-4,9,13,17H,5-8,10H2,1-2H3. The summed E-state index contributed by atoms with van der Waals surface area (Å²) in [5.74, 6) is 0.784. The molecule has 0 amide bonds. The van der Waals surface area contributed by atoms with Gasteiger partial charge in [-0.15, -0.1) is 0 Å². The van der Waals surface area contributed by atoms with Gasteiger partial charge in [-0.25, -0.2) is 0 Å². The van der Waals surface area contributed by atoms with Crippen molar-refractivity contribution in [3.05, 3.63) is 28.8 Å². The first-order valence-electron chi connectivity index (χ1n) is 6.64. The van der Waals surface area contributed by atoms with Crippen molar-refractivity contribution >= 4 is 11.6 Å². The number of hydrogen-bond donors (Lipinski definition) is 1. The predicted molar refractivity (Wildman–Crippen MR) is 75.9 cm³/mol. The number of rotatable bonds is 4. The Morgan fingerprint density at radius 1 is 1.32 bits per heavy atom. The molecule has 0 saturated heterocycles. The third-order valence-electron chi connectivity index (χ3n) is 3.96. The number of benzene rings is 1. The van der Waals surface area contributed by atoms with Crippen molar-refractivity contribution in [2.45, 2.75) is 43.8 Å². The van der Waals surface area contributed by atoms with Crippen LogP contribution < -0.4 is 4.74 Å². The number of hydrogen-bond acceptors (Lipinski definition) is 3. The Bertz CT molecular complexity index is 425. The van der Waals surface area contributed by atoms with Crippen molar-refractivity contribution in [1.29, 1.82) is 0 Å². The second-order valence-corrected chi connectivity index (χ2v) is 5.73. The van der Waals surface area contributed by atoms with Crippen LogP contribution >= 0.6 is 11.6 Å². The Kier molecular flexibility index (Phi) is 4.71. The first kappa shape index (κ1) is 14.6. The Hall–Kier alpha value is -0.770. The third-order valence-corrected chi connectivity index (χ3v) is 4.19. The fourth-order valence-corrected chi connectivity index (χ4v) is 2.98. The molecule has 1 aromatic rings. The molecule has 19 heavy (non-hydrogen) atoms. The van der Waals surface area contributed by atoms with Crippen LogP contribution in [-0.4, -0.2) is 31.0 Å². The zero-order valence-electron chi connectivity index (χ0n) is 11.5. The maximum atomic E-state index is 10.7. The van der Waals surface area contributed by atoms with Crippen molar-refractivity contribution in [2.24, 2.45) is 0 Å². The molecule has 0 bridgehead atoms. The summed E-state index contributed by atoms with van der Waals surface area (Å²) in [6.45, 7) is 0. The van der Waals surface area contributed by atoms with Gasteiger partial charge in [0.1, 0.15) is 5.75 Å². The van der Waals surface area contributed by atoms with Gasteiger partial charge in [0.2, 0.25) is 0 Å². The molecule has 0 radical (unpaired) electrons. The molecule has 2 rings (SSSR count). The van der Waals surface area contributed by atoms with Crippen LogP contribution in [0.4, 0.5) is 0 Å². The van der Waals surface area contributed by atoms with Gasteiger partial charge in [0.25, 0.3) is 0 Å². The van der Waals surface area contributed by atoms with Gasteiger partial charge in [0.15, 0.2) is 0 Å². The number of aliphatic hydroxyl groups is 1. The Morgan fingerprint density at radius 2 is 2.00 bits per heavy atom. The molecule has 0 heterocycles. The van der Waals surface area contributed by atoms with E-state index in [1.807, 2.05) is 12.1 Å². The molecule has 1 aliphatic carbocycles. The summed E-state index contributed by atoms with van der Waals surface area (Å²) < 4.78 is 10.7. The van der Waals surface area contributed by atoms with Gasteiger partial charge in [-0.1, -0.05) is 11.6 Å². The van der Waals surface area contributed by atoms with Crippen LogP contribution in [0.15, 0.2) is 18.2 Å². The van der Waals surface area contributed by atoms with E-state index >= 15 is 0 Å². The molecular weight excluding hydrogens is 264 g/mol. The van der Waals surface area contributed by atoms with Crippen molar-refractivity contribution in [2.75, 3.05) is 14.2 Å². The van der Waals surface area contributed by atoms with Gasteiger partial charge in [0.05, 0.1) is 18.8 Å². The van der Waals surface area contributed by atoms with Crippen molar-refractivity contribution in [3.63, 3.8) is 0 Å². The SMILES string of the molecule is COc1ccc(Cl)cc1CC1(O)CCC(OC)CC1. The molecule has 0 spiro atoms. The molecule has 0 unspecified atom stereocenters. The fraction of sp³-hybridized carbons (Fsp3) is 0.600. The monoisotopic (exact) mass is 284 g/mol. The minimum atomic E-state index is -0.674. The van der Waals surface area contributed by atoms with Crippen molar-refractivity contribution in [1.82, 2.24) is 0 Å². The molecule has 1 aliphatic rings. The van der Waals surface area contributed by atoms with Crippen LogP contribution in [0.1, 0.15) is 31.2 Å². The molecule has 1 aromatic carbocycles. The van der Waals surface area contributed by atoms with Gasteiger partial charge < -0.3 is 14.6 Å². The van der Waals surface area contributed by atoms with E-state index in [0.717, 1.165) is 37.0 Å². The Morgan fingerprint density at radius 3 is 2.58 bits per heavy atom. The summed E-state index contributed by atoms with van der Waals surface area (Å²) in [5.41, 5.74) is 0.292. The number of methoxy groups -OCH3 is 2. The van der Waals surface area contributed by atoms with Crippen molar-refractivity contribution < 1.29 is 14.6 Å². The topological polar surface area (TPSA) is 38.7 Å². The normalized spacial score (nSPS) is 27.3. The highest BCUT2D eigenvalue weighted by Gasteiger charge is 2.34. The lowest BCUT2D eigenvalue weighted by molar-refractivity contribution is -0.0429. The highest BCUT2D eigenvalue weighted by Crippen LogP contribution is 2.35. The van der Waals surface area contributed by atoms with E-state index in [9.17, 15) is 5.11 Å². The van der Waals surface area contributed by atoms with E-state index in [1.165, 1.54) is 0 Å². The van der Waals surface area contributed by atoms with Crippen LogP contribution in [-0.2, 0) is 11.2 Å². The highest BCUT2D eigenvalue weighted by molar-refractivity contribution is 6.30. The fourth-order valence-electron chi connectivity index (χ4n) is 2.78. The quantitative estimate of drug-likeness (QED) is 0.923. The van der Waals surface area contributed by atoms with E-state index in [1.54, 1.807) is 20.3 Å². The Labute approximate surface area is 119 Å². The summed E-state index contributed by atoms with van der Waals surface area (Å²) in [4.78, 5) is 0. The molecule has 1 saturated carbocycles. The molecule has 0 aliphatic heterocycles. The lowest BCUT2D eigenvalue weighted by atomic mass is 9.79. The van der Waals surface area contributed by atoms with E-state index in [2.05, 4.69) is 0 Å². The van der Waals surface area contributed by atoms with Gasteiger partial charge in [-0.2, -0.15) is 0 Å². The second kappa shape index (κ2) is 6.12. The minimum Gasteiger partial charge on any atom is -0.496 e. The summed E-state index contributed by atoms with van der Waals surface area (Å²) in [6.07, 6.45) is 4.16. The first-order valence-corrected chi connectivity index (χ1v) is 7.02. The first-order chi connectivity index (χ1) is 9.06. The molecule has 4 heteroatoms. The van der Waals surface area contributed by atoms with Crippen LogP contribution in [0.3, 0.4) is 0 Å². The Balaban J connectivity index is 2.10. The highest BCUT2D eigenvalue weighted by atomic mass is 35.5. The smallest absolute Gasteiger partial charge is 0.122 e. The van der Waals surface area contributed by atoms with E-state index in [0.29, 0.717) is 11.4 Å². The van der Waals surface area contributed by atoms with E-state index < -0.39 is 5.60 Å². The molecule has 1 N–H and O–H groups in total. The summed E-state index contributed by atoms with van der Waals surface area (Å²) in [7, 11) is 3.37. The third kappa shape index (κ3) is 3.62. The minimum absolute atomic E-state index is 0.279. The average molecular weight is 285 g/mol. The maximum Gasteiger partial charge on any atom is 0.122 e. The predicted octanol–water partition coefficient (Wildman–Crippen LogP) is 3.21. The summed E-state index contributed by atoms with van der Waals surface area (Å²) >= 11 is 6.03.